The van der Waals surface area contributed by atoms with Gasteiger partial charge in [-0.05, 0) is 125 Å². The maximum absolute atomic E-state index is 11.9. The van der Waals surface area contributed by atoms with E-state index in [-0.39, 0.29) is 29.2 Å². The van der Waals surface area contributed by atoms with E-state index in [2.05, 4.69) is 55.4 Å². The largest absolute Gasteiger partial charge is 0.462 e. The molecule has 4 heteroatoms. The first-order valence-corrected chi connectivity index (χ1v) is 15.1. The summed E-state index contributed by atoms with van der Waals surface area (Å²) < 4.78 is 12.7. The fraction of sp³-hybridized carbons (Fsp3) is 0.969. The van der Waals surface area contributed by atoms with E-state index in [0.29, 0.717) is 34.0 Å². The Balaban J connectivity index is 1.43. The van der Waals surface area contributed by atoms with Crippen LogP contribution in [0.4, 0.5) is 0 Å². The molecule has 0 radical (unpaired) electrons. The maximum atomic E-state index is 11.9. The van der Waals surface area contributed by atoms with Gasteiger partial charge in [0.2, 0.25) is 0 Å². The number of aliphatic hydroxyl groups excluding tert-OH is 1. The fourth-order valence-corrected chi connectivity index (χ4v) is 11.6. The molecule has 0 aromatic carbocycles. The third-order valence-corrected chi connectivity index (χ3v) is 13.6. The minimum Gasteiger partial charge on any atom is -0.462 e. The highest BCUT2D eigenvalue weighted by Crippen LogP contribution is 2.76. The molecule has 4 nitrogen and oxygen atoms in total. The highest BCUT2D eigenvalue weighted by atomic mass is 16.5. The molecule has 1 aliphatic heterocycles. The van der Waals surface area contributed by atoms with Crippen LogP contribution in [0.3, 0.4) is 0 Å². The summed E-state index contributed by atoms with van der Waals surface area (Å²) in [6.07, 6.45) is 11.4. The van der Waals surface area contributed by atoms with Gasteiger partial charge in [-0.3, -0.25) is 4.79 Å². The van der Waals surface area contributed by atoms with Crippen molar-refractivity contribution in [2.45, 2.75) is 150 Å². The molecular weight excluding hydrogens is 448 g/mol. The molecule has 1 heterocycles. The van der Waals surface area contributed by atoms with E-state index in [9.17, 15) is 9.90 Å². The molecule has 0 bridgehead atoms. The first-order chi connectivity index (χ1) is 16.5. The number of hydrogen-bond donors (Lipinski definition) is 1. The lowest BCUT2D eigenvalue weighted by atomic mass is 9.35. The maximum Gasteiger partial charge on any atom is 0.302 e. The number of hydrogen-bond acceptors (Lipinski definition) is 4. The molecule has 1 N–H and O–H groups in total. The van der Waals surface area contributed by atoms with Gasteiger partial charge in [0.1, 0.15) is 6.10 Å². The van der Waals surface area contributed by atoms with Gasteiger partial charge in [-0.1, -0.05) is 34.6 Å². The van der Waals surface area contributed by atoms with Gasteiger partial charge in [0.05, 0.1) is 17.3 Å². The van der Waals surface area contributed by atoms with E-state index >= 15 is 0 Å². The van der Waals surface area contributed by atoms with Crippen molar-refractivity contribution in [2.24, 2.45) is 45.3 Å². The molecule has 5 rings (SSSR count). The van der Waals surface area contributed by atoms with Crippen LogP contribution in [0.25, 0.3) is 0 Å². The van der Waals surface area contributed by atoms with Crippen molar-refractivity contribution in [3.05, 3.63) is 0 Å². The zero-order valence-corrected chi connectivity index (χ0v) is 24.7. The number of ether oxygens (including phenoxy) is 2. The molecule has 206 valence electrons. The number of rotatable bonds is 2. The summed E-state index contributed by atoms with van der Waals surface area (Å²) in [5, 5.41) is 10.6. The average molecular weight is 503 g/mol. The Labute approximate surface area is 220 Å². The van der Waals surface area contributed by atoms with Gasteiger partial charge in [-0.2, -0.15) is 0 Å². The van der Waals surface area contributed by atoms with Crippen LogP contribution in [0.2, 0.25) is 0 Å². The predicted octanol–water partition coefficient (Wildman–Crippen LogP) is 7.31. The molecule has 0 aromatic heterocycles. The molecule has 5 fully saturated rings. The van der Waals surface area contributed by atoms with Crippen LogP contribution < -0.4 is 0 Å². The van der Waals surface area contributed by atoms with Gasteiger partial charge in [-0.15, -0.1) is 0 Å². The zero-order chi connectivity index (χ0) is 26.5. The summed E-state index contributed by atoms with van der Waals surface area (Å²) >= 11 is 0. The minimum absolute atomic E-state index is 0.0196. The fourth-order valence-electron chi connectivity index (χ4n) is 11.6. The van der Waals surface area contributed by atoms with Gasteiger partial charge >= 0.3 is 5.97 Å². The summed E-state index contributed by atoms with van der Waals surface area (Å²) in [6.45, 7) is 20.8. The highest BCUT2D eigenvalue weighted by Gasteiger charge is 2.70. The van der Waals surface area contributed by atoms with Crippen LogP contribution in [0.15, 0.2) is 0 Å². The Morgan fingerprint density at radius 2 is 1.42 bits per heavy atom. The molecule has 5 aliphatic rings. The van der Waals surface area contributed by atoms with Gasteiger partial charge in [0.15, 0.2) is 0 Å². The molecule has 4 aliphatic carbocycles. The molecule has 4 saturated carbocycles. The minimum atomic E-state index is -0.467. The number of aliphatic hydroxyl groups is 1. The summed E-state index contributed by atoms with van der Waals surface area (Å²) in [5.74, 6) is 2.46. The van der Waals surface area contributed by atoms with Crippen LogP contribution in [-0.4, -0.2) is 34.5 Å². The van der Waals surface area contributed by atoms with Crippen molar-refractivity contribution >= 4 is 5.97 Å². The van der Waals surface area contributed by atoms with E-state index in [4.69, 9.17) is 9.47 Å². The Bertz CT molecular complexity index is 895. The molecular formula is C32H54O4. The van der Waals surface area contributed by atoms with E-state index in [0.717, 1.165) is 25.2 Å². The monoisotopic (exact) mass is 502 g/mol. The Hall–Kier alpha value is -0.610. The van der Waals surface area contributed by atoms with Crippen LogP contribution in [0, 0.1) is 45.3 Å². The first kappa shape index (κ1) is 27.0. The Kier molecular flexibility index (Phi) is 6.14. The highest BCUT2D eigenvalue weighted by molar-refractivity contribution is 5.66. The van der Waals surface area contributed by atoms with Gasteiger partial charge in [-0.25, -0.2) is 0 Å². The topological polar surface area (TPSA) is 55.8 Å². The zero-order valence-electron chi connectivity index (χ0n) is 24.7. The van der Waals surface area contributed by atoms with Crippen molar-refractivity contribution in [1.82, 2.24) is 0 Å². The third kappa shape index (κ3) is 3.55. The van der Waals surface area contributed by atoms with E-state index in [1.807, 2.05) is 0 Å². The summed E-state index contributed by atoms with van der Waals surface area (Å²) in [4.78, 5) is 11.9. The van der Waals surface area contributed by atoms with E-state index in [1.165, 1.54) is 44.9 Å². The Morgan fingerprint density at radius 1 is 0.750 bits per heavy atom. The van der Waals surface area contributed by atoms with Crippen molar-refractivity contribution < 1.29 is 19.4 Å². The lowest BCUT2D eigenvalue weighted by Crippen LogP contribution is -2.64. The summed E-state index contributed by atoms with van der Waals surface area (Å²) in [7, 11) is 0. The average Bonchev–Trinajstić information content (AvgIpc) is 3.12. The van der Waals surface area contributed by atoms with Crippen molar-refractivity contribution in [3.63, 3.8) is 0 Å². The van der Waals surface area contributed by atoms with Crippen molar-refractivity contribution in [1.29, 1.82) is 0 Å². The number of carbonyl (C=O) groups excluding carboxylic acids is 1. The quantitative estimate of drug-likeness (QED) is 0.402. The number of esters is 1. The molecule has 0 aromatic rings. The lowest BCUT2D eigenvalue weighted by Gasteiger charge is -2.70. The van der Waals surface area contributed by atoms with E-state index < -0.39 is 5.60 Å². The summed E-state index contributed by atoms with van der Waals surface area (Å²) in [5.41, 5.74) is 0.380. The lowest BCUT2D eigenvalue weighted by molar-refractivity contribution is -0.254. The van der Waals surface area contributed by atoms with Gasteiger partial charge < -0.3 is 14.6 Å². The standard InChI is InChI=1S/C32H54O4/c1-20(33)35-26-15-16-29(6)23(27(26,2)3)13-18-31(8)24(29)11-10-21-22(12-17-30(21,31)7)32(9)19-14-25(34)28(4,5)36-32/h21-26,34H,10-19H2,1-9H3. The van der Waals surface area contributed by atoms with E-state index in [1.54, 1.807) is 6.92 Å². The smallest absolute Gasteiger partial charge is 0.302 e. The Morgan fingerprint density at radius 3 is 2.06 bits per heavy atom. The van der Waals surface area contributed by atoms with Crippen molar-refractivity contribution in [2.75, 3.05) is 0 Å². The van der Waals surface area contributed by atoms with Crippen LogP contribution >= 0.6 is 0 Å². The number of fused-ring (bicyclic) bond motifs is 5. The second-order valence-electron chi connectivity index (χ2n) is 15.8. The SMILES string of the molecule is CC(=O)OC1CCC2(C)C(CCC3(C)C2CCC2C(C4(C)CCC(O)C(C)(C)O4)CCC23C)C1(C)C. The van der Waals surface area contributed by atoms with Gasteiger partial charge in [0, 0.05) is 12.3 Å². The second-order valence-corrected chi connectivity index (χ2v) is 15.8. The van der Waals surface area contributed by atoms with Crippen LogP contribution in [0.5, 0.6) is 0 Å². The van der Waals surface area contributed by atoms with Crippen molar-refractivity contribution in [3.8, 4) is 0 Å². The predicted molar refractivity (Wildman–Crippen MR) is 143 cm³/mol. The molecule has 0 spiro atoms. The first-order valence-electron chi connectivity index (χ1n) is 15.1. The second kappa shape index (κ2) is 8.20. The molecule has 36 heavy (non-hydrogen) atoms. The van der Waals surface area contributed by atoms with Crippen LogP contribution in [-0.2, 0) is 14.3 Å². The summed E-state index contributed by atoms with van der Waals surface area (Å²) in [6, 6.07) is 0. The third-order valence-electron chi connectivity index (χ3n) is 13.6. The van der Waals surface area contributed by atoms with Gasteiger partial charge in [0.25, 0.3) is 0 Å². The number of carbonyl (C=O) groups is 1. The molecule has 10 unspecified atom stereocenters. The molecule has 0 amide bonds. The normalized spacial score (nSPS) is 53.6. The molecule has 1 saturated heterocycles. The molecule has 10 atom stereocenters. The van der Waals surface area contributed by atoms with Crippen LogP contribution in [0.1, 0.15) is 127 Å².